The second kappa shape index (κ2) is 5.46. The second-order valence-electron chi connectivity index (χ2n) is 3.53. The SMILES string of the molecule is CN(C(=O)c1ncccc1Br)c1ccc(Cl)cn1. The fourth-order valence-corrected chi connectivity index (χ4v) is 1.91. The third kappa shape index (κ3) is 2.68. The summed E-state index contributed by atoms with van der Waals surface area (Å²) in [5.74, 6) is 0.277. The van der Waals surface area contributed by atoms with Gasteiger partial charge in [-0.05, 0) is 40.2 Å². The standard InChI is InChI=1S/C12H9BrClN3O/c1-17(10-5-4-8(14)7-16-10)12(18)11-9(13)3-2-6-15-11/h2-7H,1H3. The molecule has 92 valence electrons. The second-order valence-corrected chi connectivity index (χ2v) is 4.82. The first-order valence-corrected chi connectivity index (χ1v) is 6.27. The Kier molecular flexibility index (Phi) is 3.93. The van der Waals surface area contributed by atoms with E-state index in [0.717, 1.165) is 0 Å². The van der Waals surface area contributed by atoms with Crippen LogP contribution in [0.3, 0.4) is 0 Å². The molecule has 2 rings (SSSR count). The van der Waals surface area contributed by atoms with E-state index in [1.54, 1.807) is 37.5 Å². The van der Waals surface area contributed by atoms with Gasteiger partial charge in [-0.2, -0.15) is 0 Å². The van der Waals surface area contributed by atoms with Crippen molar-refractivity contribution in [3.05, 3.63) is 51.8 Å². The van der Waals surface area contributed by atoms with E-state index >= 15 is 0 Å². The number of hydrogen-bond donors (Lipinski definition) is 0. The number of pyridine rings is 2. The zero-order valence-corrected chi connectivity index (χ0v) is 11.8. The summed E-state index contributed by atoms with van der Waals surface area (Å²) in [6.07, 6.45) is 3.06. The topological polar surface area (TPSA) is 46.1 Å². The van der Waals surface area contributed by atoms with Gasteiger partial charge in [0.15, 0.2) is 0 Å². The summed E-state index contributed by atoms with van der Waals surface area (Å²) in [7, 11) is 1.64. The van der Waals surface area contributed by atoms with Crippen molar-refractivity contribution in [2.75, 3.05) is 11.9 Å². The van der Waals surface area contributed by atoms with Crippen LogP contribution in [0.5, 0.6) is 0 Å². The molecule has 0 fully saturated rings. The lowest BCUT2D eigenvalue weighted by Gasteiger charge is -2.16. The van der Waals surface area contributed by atoms with Crippen LogP contribution in [0.1, 0.15) is 10.5 Å². The number of carbonyl (C=O) groups is 1. The van der Waals surface area contributed by atoms with E-state index in [-0.39, 0.29) is 5.91 Å². The lowest BCUT2D eigenvalue weighted by Crippen LogP contribution is -2.28. The Morgan fingerprint density at radius 3 is 2.72 bits per heavy atom. The molecule has 0 aliphatic carbocycles. The molecule has 0 radical (unpaired) electrons. The Morgan fingerprint density at radius 1 is 1.33 bits per heavy atom. The molecule has 0 saturated heterocycles. The normalized spacial score (nSPS) is 10.2. The van der Waals surface area contributed by atoms with Gasteiger partial charge in [0.05, 0.1) is 5.02 Å². The average molecular weight is 327 g/mol. The maximum atomic E-state index is 12.2. The summed E-state index contributed by atoms with van der Waals surface area (Å²) >= 11 is 9.05. The summed E-state index contributed by atoms with van der Waals surface area (Å²) in [4.78, 5) is 21.8. The predicted molar refractivity (Wildman–Crippen MR) is 73.9 cm³/mol. The molecular formula is C12H9BrClN3O. The first-order chi connectivity index (χ1) is 8.59. The minimum absolute atomic E-state index is 0.239. The number of amides is 1. The van der Waals surface area contributed by atoms with Crippen LogP contribution in [0.2, 0.25) is 5.02 Å². The van der Waals surface area contributed by atoms with Crippen LogP contribution in [0.25, 0.3) is 0 Å². The molecule has 4 nitrogen and oxygen atoms in total. The van der Waals surface area contributed by atoms with Gasteiger partial charge in [0.25, 0.3) is 5.91 Å². The van der Waals surface area contributed by atoms with E-state index in [2.05, 4.69) is 25.9 Å². The molecule has 6 heteroatoms. The predicted octanol–water partition coefficient (Wildman–Crippen LogP) is 3.17. The fraction of sp³-hybridized carbons (Fsp3) is 0.0833. The molecule has 0 spiro atoms. The van der Waals surface area contributed by atoms with Crippen LogP contribution in [0, 0.1) is 0 Å². The van der Waals surface area contributed by atoms with Crippen LogP contribution in [-0.2, 0) is 0 Å². The number of hydrogen-bond acceptors (Lipinski definition) is 3. The Morgan fingerprint density at radius 2 is 2.11 bits per heavy atom. The van der Waals surface area contributed by atoms with E-state index in [1.807, 2.05) is 0 Å². The van der Waals surface area contributed by atoms with Crippen molar-refractivity contribution in [1.82, 2.24) is 9.97 Å². The summed E-state index contributed by atoms with van der Waals surface area (Å²) in [6, 6.07) is 6.88. The molecule has 0 unspecified atom stereocenters. The Bertz CT molecular complexity index is 574. The maximum absolute atomic E-state index is 12.2. The minimum Gasteiger partial charge on any atom is -0.294 e. The number of halogens is 2. The third-order valence-corrected chi connectivity index (χ3v) is 3.18. The summed E-state index contributed by atoms with van der Waals surface area (Å²) in [5, 5.41) is 0.526. The summed E-state index contributed by atoms with van der Waals surface area (Å²) < 4.78 is 0.649. The Labute approximate surface area is 118 Å². The van der Waals surface area contributed by atoms with Gasteiger partial charge in [-0.3, -0.25) is 9.69 Å². The minimum atomic E-state index is -0.239. The van der Waals surface area contributed by atoms with Crippen molar-refractivity contribution in [2.24, 2.45) is 0 Å². The highest BCUT2D eigenvalue weighted by Crippen LogP contribution is 2.19. The number of carbonyl (C=O) groups excluding carboxylic acids is 1. The molecule has 0 saturated carbocycles. The molecule has 0 atom stereocenters. The number of anilines is 1. The van der Waals surface area contributed by atoms with Crippen LogP contribution < -0.4 is 4.90 Å². The molecule has 0 aromatic carbocycles. The van der Waals surface area contributed by atoms with Crippen LogP contribution in [-0.4, -0.2) is 22.9 Å². The highest BCUT2D eigenvalue weighted by molar-refractivity contribution is 9.10. The third-order valence-electron chi connectivity index (χ3n) is 2.32. The van der Waals surface area contributed by atoms with E-state index in [1.165, 1.54) is 11.1 Å². The molecule has 2 aromatic heterocycles. The first-order valence-electron chi connectivity index (χ1n) is 5.09. The molecule has 1 amide bonds. The molecule has 2 aromatic rings. The average Bonchev–Trinajstić information content (AvgIpc) is 2.38. The van der Waals surface area contributed by atoms with Crippen LogP contribution >= 0.6 is 27.5 Å². The highest BCUT2D eigenvalue weighted by atomic mass is 79.9. The Balaban J connectivity index is 2.29. The van der Waals surface area contributed by atoms with E-state index in [4.69, 9.17) is 11.6 Å². The van der Waals surface area contributed by atoms with Crippen molar-refractivity contribution in [2.45, 2.75) is 0 Å². The first kappa shape index (κ1) is 13.0. The molecular weight excluding hydrogens is 318 g/mol. The highest BCUT2D eigenvalue weighted by Gasteiger charge is 2.18. The zero-order chi connectivity index (χ0) is 13.1. The quantitative estimate of drug-likeness (QED) is 0.851. The summed E-state index contributed by atoms with van der Waals surface area (Å²) in [6.45, 7) is 0. The van der Waals surface area contributed by atoms with Crippen molar-refractivity contribution in [3.63, 3.8) is 0 Å². The van der Waals surface area contributed by atoms with Crippen molar-refractivity contribution in [3.8, 4) is 0 Å². The number of rotatable bonds is 2. The lowest BCUT2D eigenvalue weighted by atomic mass is 10.3. The van der Waals surface area contributed by atoms with Crippen LogP contribution in [0.15, 0.2) is 41.1 Å². The maximum Gasteiger partial charge on any atom is 0.278 e. The molecule has 0 aliphatic rings. The van der Waals surface area contributed by atoms with Crippen molar-refractivity contribution in [1.29, 1.82) is 0 Å². The lowest BCUT2D eigenvalue weighted by molar-refractivity contribution is 0.0987. The van der Waals surface area contributed by atoms with Crippen molar-refractivity contribution >= 4 is 39.3 Å². The summed E-state index contributed by atoms with van der Waals surface area (Å²) in [5.41, 5.74) is 0.344. The number of nitrogens with zero attached hydrogens (tertiary/aromatic N) is 3. The zero-order valence-electron chi connectivity index (χ0n) is 9.47. The van der Waals surface area contributed by atoms with Gasteiger partial charge in [0, 0.05) is 23.9 Å². The van der Waals surface area contributed by atoms with Gasteiger partial charge in [0.1, 0.15) is 11.5 Å². The molecule has 0 aliphatic heterocycles. The fourth-order valence-electron chi connectivity index (χ4n) is 1.37. The Hall–Kier alpha value is -1.46. The molecule has 18 heavy (non-hydrogen) atoms. The molecule has 0 bridgehead atoms. The van der Waals surface area contributed by atoms with Gasteiger partial charge >= 0.3 is 0 Å². The van der Waals surface area contributed by atoms with E-state index in [9.17, 15) is 4.79 Å². The van der Waals surface area contributed by atoms with E-state index in [0.29, 0.717) is 21.0 Å². The molecule has 0 N–H and O–H groups in total. The van der Waals surface area contributed by atoms with Gasteiger partial charge < -0.3 is 0 Å². The molecule has 2 heterocycles. The van der Waals surface area contributed by atoms with Gasteiger partial charge in [-0.1, -0.05) is 11.6 Å². The monoisotopic (exact) mass is 325 g/mol. The largest absolute Gasteiger partial charge is 0.294 e. The van der Waals surface area contributed by atoms with E-state index < -0.39 is 0 Å². The van der Waals surface area contributed by atoms with Crippen molar-refractivity contribution < 1.29 is 4.79 Å². The van der Waals surface area contributed by atoms with Gasteiger partial charge in [-0.25, -0.2) is 9.97 Å². The number of aromatic nitrogens is 2. The van der Waals surface area contributed by atoms with Gasteiger partial charge in [-0.15, -0.1) is 0 Å². The van der Waals surface area contributed by atoms with Gasteiger partial charge in [0.2, 0.25) is 0 Å². The van der Waals surface area contributed by atoms with Crippen LogP contribution in [0.4, 0.5) is 5.82 Å². The smallest absolute Gasteiger partial charge is 0.278 e.